The number of aliphatic imine (C=N–C) groups is 1. The lowest BCUT2D eigenvalue weighted by Gasteiger charge is -2.34. The number of carbonyl (C=O) groups is 2. The summed E-state index contributed by atoms with van der Waals surface area (Å²) in [4.78, 5) is 30.0. The van der Waals surface area contributed by atoms with Crippen LogP contribution in [0, 0.1) is 0 Å². The first-order valence-corrected chi connectivity index (χ1v) is 4.85. The molecule has 0 aromatic heterocycles. The summed E-state index contributed by atoms with van der Waals surface area (Å²) in [6.07, 6.45) is -0.421. The molecule has 6 nitrogen and oxygen atoms in total. The summed E-state index contributed by atoms with van der Waals surface area (Å²) in [6.45, 7) is 0. The van der Waals surface area contributed by atoms with Crippen molar-refractivity contribution >= 4 is 32.6 Å². The van der Waals surface area contributed by atoms with Gasteiger partial charge in [-0.25, -0.2) is 9.79 Å². The molecule has 76 valence electrons. The first-order chi connectivity index (χ1) is 6.52. The van der Waals surface area contributed by atoms with Gasteiger partial charge in [0.15, 0.2) is 17.0 Å². The zero-order valence-electron chi connectivity index (χ0n) is 7.69. The number of nitrogens with one attached hydrogen (secondary N) is 1. The van der Waals surface area contributed by atoms with Gasteiger partial charge < -0.3 is 9.80 Å². The molecule has 2 heterocycles. The molecule has 3 amide bonds. The Morgan fingerprint density at radius 3 is 2.64 bits per heavy atom. The second-order valence-corrected chi connectivity index (χ2v) is 3.98. The summed E-state index contributed by atoms with van der Waals surface area (Å²) in [7, 11) is 3.36. The number of hydrogen-bond acceptors (Lipinski definition) is 4. The number of imide groups is 1. The molecule has 2 atom stereocenters. The standard InChI is InChI=1S/C7H9BrN4O2/c1-11-3-4(9-6(11)8)12(2)7(14)10-5(3)13/h3-4H,1-2H3,(H,10,13,14). The quantitative estimate of drug-likeness (QED) is 0.601. The third kappa shape index (κ3) is 1.12. The maximum Gasteiger partial charge on any atom is 0.325 e. The van der Waals surface area contributed by atoms with Crippen LogP contribution in [0.4, 0.5) is 4.79 Å². The second-order valence-electron chi connectivity index (χ2n) is 3.27. The Bertz CT molecular complexity index is 343. The Hall–Kier alpha value is -1.11. The van der Waals surface area contributed by atoms with Crippen molar-refractivity contribution in [2.24, 2.45) is 4.99 Å². The first-order valence-electron chi connectivity index (χ1n) is 4.06. The van der Waals surface area contributed by atoms with E-state index in [-0.39, 0.29) is 5.91 Å². The fourth-order valence-electron chi connectivity index (χ4n) is 1.58. The minimum absolute atomic E-state index is 0.307. The van der Waals surface area contributed by atoms with Crippen LogP contribution < -0.4 is 5.32 Å². The molecule has 2 aliphatic rings. The lowest BCUT2D eigenvalue weighted by atomic mass is 10.1. The van der Waals surface area contributed by atoms with Gasteiger partial charge in [-0.3, -0.25) is 10.1 Å². The Labute approximate surface area is 89.1 Å². The van der Waals surface area contributed by atoms with Crippen LogP contribution in [0.1, 0.15) is 0 Å². The highest BCUT2D eigenvalue weighted by Gasteiger charge is 2.46. The van der Waals surface area contributed by atoms with Gasteiger partial charge in [0, 0.05) is 14.1 Å². The molecule has 1 saturated heterocycles. The van der Waals surface area contributed by atoms with Crippen molar-refractivity contribution in [3.8, 4) is 0 Å². The molecule has 14 heavy (non-hydrogen) atoms. The predicted molar refractivity (Wildman–Crippen MR) is 53.0 cm³/mol. The zero-order chi connectivity index (χ0) is 10.5. The lowest BCUT2D eigenvalue weighted by molar-refractivity contribution is -0.126. The molecule has 2 unspecified atom stereocenters. The van der Waals surface area contributed by atoms with Crippen LogP contribution in [-0.4, -0.2) is 52.8 Å². The molecule has 1 fully saturated rings. The van der Waals surface area contributed by atoms with Gasteiger partial charge in [0.2, 0.25) is 0 Å². The van der Waals surface area contributed by atoms with E-state index in [0.717, 1.165) is 0 Å². The number of nitrogens with zero attached hydrogens (tertiary/aromatic N) is 3. The minimum atomic E-state index is -0.424. The van der Waals surface area contributed by atoms with Gasteiger partial charge in [-0.2, -0.15) is 0 Å². The van der Waals surface area contributed by atoms with Crippen molar-refractivity contribution in [2.75, 3.05) is 14.1 Å². The van der Waals surface area contributed by atoms with E-state index in [1.165, 1.54) is 4.90 Å². The van der Waals surface area contributed by atoms with E-state index in [9.17, 15) is 9.59 Å². The van der Waals surface area contributed by atoms with E-state index < -0.39 is 18.2 Å². The first kappa shape index (κ1) is 9.45. The number of fused-ring (bicyclic) bond motifs is 1. The van der Waals surface area contributed by atoms with Crippen LogP contribution in [0.5, 0.6) is 0 Å². The Balaban J connectivity index is 2.35. The average Bonchev–Trinajstić information content (AvgIpc) is 2.40. The molecule has 2 rings (SSSR count). The molecule has 2 aliphatic heterocycles. The number of carbonyl (C=O) groups excluding carboxylic acids is 2. The molecule has 0 saturated carbocycles. The average molecular weight is 261 g/mol. The van der Waals surface area contributed by atoms with Crippen LogP contribution in [0.25, 0.3) is 0 Å². The van der Waals surface area contributed by atoms with E-state index in [1.807, 2.05) is 0 Å². The number of hydrogen-bond donors (Lipinski definition) is 1. The molecule has 0 spiro atoms. The van der Waals surface area contributed by atoms with Crippen molar-refractivity contribution < 1.29 is 9.59 Å². The van der Waals surface area contributed by atoms with Crippen LogP contribution in [-0.2, 0) is 4.79 Å². The number of likely N-dealkylation sites (N-methyl/N-ethyl adjacent to an activating group) is 2. The lowest BCUT2D eigenvalue weighted by Crippen LogP contribution is -2.62. The predicted octanol–water partition coefficient (Wildman–Crippen LogP) is -0.441. The normalized spacial score (nSPS) is 31.5. The van der Waals surface area contributed by atoms with Crippen LogP contribution in [0.2, 0.25) is 0 Å². The molecule has 1 N–H and O–H groups in total. The van der Waals surface area contributed by atoms with E-state index in [4.69, 9.17) is 0 Å². The van der Waals surface area contributed by atoms with Gasteiger partial charge >= 0.3 is 6.03 Å². The van der Waals surface area contributed by atoms with E-state index in [0.29, 0.717) is 4.74 Å². The van der Waals surface area contributed by atoms with Gasteiger partial charge in [0.1, 0.15) is 0 Å². The molecule has 0 aliphatic carbocycles. The number of halogens is 1. The zero-order valence-corrected chi connectivity index (χ0v) is 9.28. The SMILES string of the molecule is CN1C(=O)NC(=O)C2C1N=C(Br)N2C. The van der Waals surface area contributed by atoms with Crippen LogP contribution in [0.3, 0.4) is 0 Å². The molecular weight excluding hydrogens is 252 g/mol. The molecule has 0 aromatic rings. The van der Waals surface area contributed by atoms with Gasteiger partial charge in [-0.15, -0.1) is 0 Å². The van der Waals surface area contributed by atoms with Gasteiger partial charge in [0.05, 0.1) is 0 Å². The number of amides is 3. The number of amidine groups is 1. The molecule has 7 heteroatoms. The van der Waals surface area contributed by atoms with Crippen molar-refractivity contribution in [1.82, 2.24) is 15.1 Å². The van der Waals surface area contributed by atoms with Gasteiger partial charge in [-0.1, -0.05) is 0 Å². The summed E-state index contributed by atoms with van der Waals surface area (Å²) in [5.74, 6) is -0.307. The molecule has 0 bridgehead atoms. The van der Waals surface area contributed by atoms with Crippen molar-refractivity contribution in [1.29, 1.82) is 0 Å². The van der Waals surface area contributed by atoms with Crippen molar-refractivity contribution in [2.45, 2.75) is 12.2 Å². The summed E-state index contributed by atoms with van der Waals surface area (Å²) in [5, 5.41) is 2.26. The summed E-state index contributed by atoms with van der Waals surface area (Å²) < 4.78 is 0.587. The smallest absolute Gasteiger partial charge is 0.325 e. The topological polar surface area (TPSA) is 65.0 Å². The summed E-state index contributed by atoms with van der Waals surface area (Å²) >= 11 is 3.23. The van der Waals surface area contributed by atoms with E-state index in [2.05, 4.69) is 26.2 Å². The number of urea groups is 1. The summed E-state index contributed by atoms with van der Waals surface area (Å²) in [6, 6.07) is -0.831. The van der Waals surface area contributed by atoms with E-state index >= 15 is 0 Å². The minimum Gasteiger partial charge on any atom is -0.338 e. The maximum atomic E-state index is 11.5. The van der Waals surface area contributed by atoms with E-state index in [1.54, 1.807) is 19.0 Å². The highest BCUT2D eigenvalue weighted by atomic mass is 79.9. The highest BCUT2D eigenvalue weighted by molar-refractivity contribution is 9.18. The Kier molecular flexibility index (Phi) is 1.99. The fraction of sp³-hybridized carbons (Fsp3) is 0.571. The highest BCUT2D eigenvalue weighted by Crippen LogP contribution is 2.24. The largest absolute Gasteiger partial charge is 0.338 e. The third-order valence-electron chi connectivity index (χ3n) is 2.45. The van der Waals surface area contributed by atoms with Gasteiger partial charge in [-0.05, 0) is 15.9 Å². The second kappa shape index (κ2) is 2.94. The summed E-state index contributed by atoms with van der Waals surface area (Å²) in [5.41, 5.74) is 0. The fourth-order valence-corrected chi connectivity index (χ4v) is 2.01. The van der Waals surface area contributed by atoms with Crippen LogP contribution in [0.15, 0.2) is 4.99 Å². The molecule has 0 radical (unpaired) electrons. The monoisotopic (exact) mass is 260 g/mol. The van der Waals surface area contributed by atoms with Gasteiger partial charge in [0.25, 0.3) is 5.91 Å². The third-order valence-corrected chi connectivity index (χ3v) is 3.21. The number of rotatable bonds is 0. The molecular formula is C7H9BrN4O2. The molecule has 0 aromatic carbocycles. The Morgan fingerprint density at radius 1 is 1.36 bits per heavy atom. The van der Waals surface area contributed by atoms with Crippen molar-refractivity contribution in [3.05, 3.63) is 0 Å². The van der Waals surface area contributed by atoms with Crippen LogP contribution >= 0.6 is 15.9 Å². The Morgan fingerprint density at radius 2 is 2.00 bits per heavy atom. The maximum absolute atomic E-state index is 11.5. The van der Waals surface area contributed by atoms with Crippen molar-refractivity contribution in [3.63, 3.8) is 0 Å².